The molecule has 0 unspecified atom stereocenters. The van der Waals surface area contributed by atoms with Crippen LogP contribution in [0.4, 0.5) is 0 Å². The summed E-state index contributed by atoms with van der Waals surface area (Å²) in [5.74, 6) is -1.00. The van der Waals surface area contributed by atoms with E-state index in [1.807, 2.05) is 0 Å². The van der Waals surface area contributed by atoms with Crippen molar-refractivity contribution in [2.45, 2.75) is 18.3 Å². The molecule has 6 nitrogen and oxygen atoms in total. The van der Waals surface area contributed by atoms with Crippen LogP contribution in [0.3, 0.4) is 0 Å². The molecule has 0 heterocycles. The van der Waals surface area contributed by atoms with Gasteiger partial charge in [0.05, 0.1) is 6.61 Å². The molecule has 14 heavy (non-hydrogen) atoms. The number of aliphatic hydroxyl groups excluding tert-OH is 5. The first-order chi connectivity index (χ1) is 5.54. The summed E-state index contributed by atoms with van der Waals surface area (Å²) < 4.78 is 0. The molecule has 0 aliphatic carbocycles. The molecule has 0 aliphatic heterocycles. The second kappa shape index (κ2) is 11.2. The Morgan fingerprint density at radius 2 is 1.57 bits per heavy atom. The number of ketones is 1. The minimum Gasteiger partial charge on any atom is 0 e. The maximum Gasteiger partial charge on any atom is 0 e. The van der Waals surface area contributed by atoms with E-state index in [0.717, 1.165) is 0 Å². The summed E-state index contributed by atoms with van der Waals surface area (Å²) in [4.78, 5) is 10.5. The quantitative estimate of drug-likeness (QED) is 0.314. The van der Waals surface area contributed by atoms with Crippen molar-refractivity contribution in [2.75, 3.05) is 13.2 Å². The summed E-state index contributed by atoms with van der Waals surface area (Å²) in [6, 6.07) is 0. The monoisotopic (exact) mass is 368 g/mol. The van der Waals surface area contributed by atoms with Crippen LogP contribution in [0.1, 0.15) is 0 Å². The summed E-state index contributed by atoms with van der Waals surface area (Å²) in [6.07, 6.45) is -5.22. The molecule has 0 aliphatic rings. The Morgan fingerprint density at radius 3 is 1.86 bits per heavy atom. The number of hydrogen-bond acceptors (Lipinski definition) is 6. The Kier molecular flexibility index (Phi) is 16.9. The van der Waals surface area contributed by atoms with E-state index >= 15 is 0 Å². The maximum atomic E-state index is 10.5. The van der Waals surface area contributed by atoms with Crippen LogP contribution in [0.25, 0.3) is 0 Å². The van der Waals surface area contributed by atoms with Gasteiger partial charge in [0, 0.05) is 21.7 Å². The fraction of sp³-hybridized carbons (Fsp3) is 0.833. The average Bonchev–Trinajstić information content (AvgIpc) is 2.12. The summed E-state index contributed by atoms with van der Waals surface area (Å²) >= 11 is 0. The molecule has 0 saturated carbocycles. The third-order valence-electron chi connectivity index (χ3n) is 1.39. The van der Waals surface area contributed by atoms with Crippen LogP contribution < -0.4 is 0 Å². The summed E-state index contributed by atoms with van der Waals surface area (Å²) in [5, 5.41) is 43.1. The number of Topliss-reactive ketones (excluding diaryl/α,β-unsaturated/α-hetero) is 1. The second-order valence-corrected chi connectivity index (χ2v) is 2.31. The van der Waals surface area contributed by atoms with Crippen LogP contribution in [-0.4, -0.2) is 112 Å². The van der Waals surface area contributed by atoms with Crippen molar-refractivity contribution in [1.82, 2.24) is 0 Å². The van der Waals surface area contributed by atoms with Gasteiger partial charge < -0.3 is 25.5 Å². The van der Waals surface area contributed by atoms with Crippen molar-refractivity contribution in [3.05, 3.63) is 0 Å². The van der Waals surface area contributed by atoms with Crippen LogP contribution >= 0.6 is 0 Å². The van der Waals surface area contributed by atoms with Crippen molar-refractivity contribution >= 4 is 54.7 Å². The molecule has 0 aromatic heterocycles. The first-order valence-corrected chi connectivity index (χ1v) is 3.33. The second-order valence-electron chi connectivity index (χ2n) is 2.31. The van der Waals surface area contributed by atoms with Crippen molar-refractivity contribution in [2.24, 2.45) is 0 Å². The number of rotatable bonds is 5. The van der Waals surface area contributed by atoms with Gasteiger partial charge in [-0.25, -0.2) is 0 Å². The van der Waals surface area contributed by atoms with E-state index in [-0.39, 0.29) is 70.6 Å². The van der Waals surface area contributed by atoms with Gasteiger partial charge in [-0.2, -0.15) is 0 Å². The molecule has 0 aromatic carbocycles. The first kappa shape index (κ1) is 21.1. The Balaban J connectivity index is -0.000000605. The third kappa shape index (κ3) is 7.10. The van der Waals surface area contributed by atoms with Gasteiger partial charge in [0.1, 0.15) is 24.9 Å². The van der Waals surface area contributed by atoms with Gasteiger partial charge >= 0.3 is 48.9 Å². The maximum absolute atomic E-state index is 10.5. The number of carbonyl (C=O) groups is 1. The SMILES string of the molecule is O=C(CO)[C@H](O)[C@@H](O)[C@H](O)CO.[BaH2].[Ti]. The summed E-state index contributed by atoms with van der Waals surface area (Å²) in [6.45, 7) is -1.69. The van der Waals surface area contributed by atoms with Crippen molar-refractivity contribution in [3.63, 3.8) is 0 Å². The molecular weight excluding hydrogens is 353 g/mol. The minimum atomic E-state index is -1.86. The molecule has 0 saturated heterocycles. The predicted octanol–water partition coefficient (Wildman–Crippen LogP) is -4.30. The van der Waals surface area contributed by atoms with Crippen LogP contribution in [-0.2, 0) is 26.5 Å². The van der Waals surface area contributed by atoms with E-state index in [2.05, 4.69) is 0 Å². The fourth-order valence-electron chi connectivity index (χ4n) is 0.602. The minimum absolute atomic E-state index is 0. The topological polar surface area (TPSA) is 118 Å². The van der Waals surface area contributed by atoms with Crippen molar-refractivity contribution in [1.29, 1.82) is 0 Å². The predicted molar refractivity (Wildman–Crippen MR) is 45.7 cm³/mol. The molecule has 0 bridgehead atoms. The number of carbonyl (C=O) groups excluding carboxylic acids is 1. The van der Waals surface area contributed by atoms with Gasteiger partial charge in [0.25, 0.3) is 0 Å². The van der Waals surface area contributed by atoms with Crippen molar-refractivity contribution < 1.29 is 52.0 Å². The first-order valence-electron chi connectivity index (χ1n) is 3.33. The van der Waals surface area contributed by atoms with Gasteiger partial charge in [-0.1, -0.05) is 0 Å². The van der Waals surface area contributed by atoms with Crippen molar-refractivity contribution in [3.8, 4) is 0 Å². The Morgan fingerprint density at radius 1 is 1.14 bits per heavy atom. The van der Waals surface area contributed by atoms with E-state index in [9.17, 15) is 4.79 Å². The van der Waals surface area contributed by atoms with E-state index in [1.54, 1.807) is 0 Å². The number of aliphatic hydroxyl groups is 5. The zero-order valence-corrected chi connectivity index (χ0v) is 8.35. The standard InChI is InChI=1S/C6H12O6.Ba.Ti.2H/c7-1-3(9)5(11)6(12)4(10)2-8;;;;/h3,5-9,11-12H,1-2H2;;;;/t3-,5+,6+;;;;/m1..../s1. The Labute approximate surface area is 136 Å². The average molecular weight is 367 g/mol. The smallest absolute Gasteiger partial charge is 0 e. The summed E-state index contributed by atoms with van der Waals surface area (Å²) in [7, 11) is 0. The normalized spacial score (nSPS) is 15.8. The molecule has 0 spiro atoms. The zero-order chi connectivity index (χ0) is 9.72. The molecule has 80 valence electrons. The fourth-order valence-corrected chi connectivity index (χ4v) is 0.602. The zero-order valence-electron chi connectivity index (χ0n) is 6.79. The molecule has 0 aromatic rings. The van der Waals surface area contributed by atoms with Gasteiger partial charge in [-0.05, 0) is 0 Å². The summed E-state index contributed by atoms with van der Waals surface area (Å²) in [5.41, 5.74) is 0. The molecular formula is C6H14BaO6Ti. The Hall–Kier alpha value is 1.76. The Bertz CT molecular complexity index is 157. The molecule has 0 fully saturated rings. The van der Waals surface area contributed by atoms with E-state index in [4.69, 9.17) is 25.5 Å². The third-order valence-corrected chi connectivity index (χ3v) is 1.39. The van der Waals surface area contributed by atoms with Gasteiger partial charge in [0.2, 0.25) is 0 Å². The molecule has 5 N–H and O–H groups in total. The molecule has 3 atom stereocenters. The molecule has 0 amide bonds. The van der Waals surface area contributed by atoms with Crippen LogP contribution in [0.15, 0.2) is 0 Å². The molecule has 8 heteroatoms. The van der Waals surface area contributed by atoms with Gasteiger partial charge in [-0.15, -0.1) is 0 Å². The van der Waals surface area contributed by atoms with E-state index in [0.29, 0.717) is 0 Å². The van der Waals surface area contributed by atoms with E-state index < -0.39 is 37.3 Å². The van der Waals surface area contributed by atoms with Crippen LogP contribution in [0, 0.1) is 0 Å². The largest absolute Gasteiger partial charge is 0 e. The van der Waals surface area contributed by atoms with Crippen LogP contribution in [0.2, 0.25) is 0 Å². The van der Waals surface area contributed by atoms with Gasteiger partial charge in [0.15, 0.2) is 5.78 Å². The van der Waals surface area contributed by atoms with Crippen LogP contribution in [0.5, 0.6) is 0 Å². The number of hydrogen-bond donors (Lipinski definition) is 5. The van der Waals surface area contributed by atoms with Gasteiger partial charge in [-0.3, -0.25) is 4.79 Å². The van der Waals surface area contributed by atoms with E-state index in [1.165, 1.54) is 0 Å². The molecule has 0 rings (SSSR count). The molecule has 0 radical (unpaired) electrons.